The van der Waals surface area contributed by atoms with Crippen LogP contribution < -0.4 is 14.4 Å². The van der Waals surface area contributed by atoms with Gasteiger partial charge >= 0.3 is 24.4 Å². The Morgan fingerprint density at radius 3 is 2.49 bits per heavy atom. The van der Waals surface area contributed by atoms with Crippen molar-refractivity contribution >= 4 is 45.2 Å². The van der Waals surface area contributed by atoms with Crippen LogP contribution in [0.25, 0.3) is 11.3 Å². The molecular weight excluding hydrogens is 691 g/mol. The second-order valence-corrected chi connectivity index (χ2v) is 12.0. The van der Waals surface area contributed by atoms with Crippen molar-refractivity contribution in [1.82, 2.24) is 19.4 Å². The van der Waals surface area contributed by atoms with Gasteiger partial charge in [-0.05, 0) is 56.2 Å². The fourth-order valence-corrected chi connectivity index (χ4v) is 5.77. The maximum Gasteiger partial charge on any atom is 0.394 e. The Labute approximate surface area is 262 Å². The number of alkyl halides is 5. The molecule has 1 heterocycles. The van der Waals surface area contributed by atoms with Crippen molar-refractivity contribution in [3.8, 4) is 17.0 Å². The molecule has 43 heavy (non-hydrogen) atoms. The molecule has 17 heteroatoms. The highest BCUT2D eigenvalue weighted by atomic mass is 79.9. The number of nitrogens with one attached hydrogen (secondary N) is 2. The van der Waals surface area contributed by atoms with E-state index in [1.54, 1.807) is 6.92 Å². The molecule has 0 radical (unpaired) electrons. The number of hydrogen-bond acceptors (Lipinski definition) is 7. The lowest BCUT2D eigenvalue weighted by molar-refractivity contribution is -0.211. The first-order chi connectivity index (χ1) is 19.9. The SMILES string of the molecule is CCn1nc(C(=O)NC[C@]2(O)CC[C@@H](C)C[C@H]2NBr)c(Cl)c1-c1ccc(CC(C)(C)C(F)(F)F)cc1OC(F)F.O=S=O. The minimum absolute atomic E-state index is 0.0377. The van der Waals surface area contributed by atoms with Crippen LogP contribution in [-0.4, -0.2) is 60.2 Å². The van der Waals surface area contributed by atoms with Crippen molar-refractivity contribution in [1.29, 1.82) is 0 Å². The number of nitrogens with zero attached hydrogens (tertiary/aromatic N) is 2. The molecule has 1 fully saturated rings. The summed E-state index contributed by atoms with van der Waals surface area (Å²) in [6.45, 7) is 2.64. The Kier molecular flexibility index (Phi) is 13.1. The van der Waals surface area contributed by atoms with E-state index in [-0.39, 0.29) is 46.7 Å². The smallest absolute Gasteiger partial charge is 0.394 e. The number of rotatable bonds is 10. The highest BCUT2D eigenvalue weighted by Gasteiger charge is 2.47. The molecule has 1 aliphatic carbocycles. The highest BCUT2D eigenvalue weighted by Crippen LogP contribution is 2.43. The molecule has 0 saturated heterocycles. The average Bonchev–Trinajstić information content (AvgIpc) is 3.24. The maximum absolute atomic E-state index is 13.4. The van der Waals surface area contributed by atoms with Crippen molar-refractivity contribution in [2.24, 2.45) is 11.3 Å². The van der Waals surface area contributed by atoms with Gasteiger partial charge in [0, 0.05) is 40.8 Å². The minimum Gasteiger partial charge on any atom is -0.434 e. The number of halogens is 7. The Hall–Kier alpha value is -2.14. The number of carbonyl (C=O) groups excluding carboxylic acids is 1. The van der Waals surface area contributed by atoms with Gasteiger partial charge in [0.05, 0.1) is 21.7 Å². The summed E-state index contributed by atoms with van der Waals surface area (Å²) in [6, 6.07) is 3.50. The van der Waals surface area contributed by atoms with Crippen LogP contribution in [0.1, 0.15) is 63.0 Å². The molecule has 0 spiro atoms. The second-order valence-electron chi connectivity index (χ2n) is 11.0. The lowest BCUT2D eigenvalue weighted by Gasteiger charge is -2.41. The van der Waals surface area contributed by atoms with Gasteiger partial charge in [0.2, 0.25) is 0 Å². The van der Waals surface area contributed by atoms with Gasteiger partial charge in [0.25, 0.3) is 5.91 Å². The van der Waals surface area contributed by atoms with Crippen LogP contribution in [0.3, 0.4) is 0 Å². The third kappa shape index (κ3) is 9.19. The summed E-state index contributed by atoms with van der Waals surface area (Å²) in [7, 11) is 0. The van der Waals surface area contributed by atoms with Crippen molar-refractivity contribution in [2.45, 2.75) is 84.4 Å². The quantitative estimate of drug-likeness (QED) is 0.208. The molecule has 3 rings (SSSR count). The Bertz CT molecular complexity index is 1310. The number of aryl methyl sites for hydroxylation is 1. The first-order valence-electron chi connectivity index (χ1n) is 13.1. The normalized spacial score (nSPS) is 20.8. The first-order valence-corrected chi connectivity index (χ1v) is 15.0. The van der Waals surface area contributed by atoms with E-state index >= 15 is 0 Å². The summed E-state index contributed by atoms with van der Waals surface area (Å²) in [6.07, 6.45) is -3.08. The van der Waals surface area contributed by atoms with Crippen LogP contribution in [0.2, 0.25) is 5.02 Å². The van der Waals surface area contributed by atoms with E-state index in [1.165, 1.54) is 16.8 Å². The van der Waals surface area contributed by atoms with Crippen molar-refractivity contribution < 1.29 is 45.0 Å². The molecule has 3 N–H and O–H groups in total. The van der Waals surface area contributed by atoms with Gasteiger partial charge in [-0.2, -0.15) is 35.5 Å². The molecule has 9 nitrogen and oxygen atoms in total. The van der Waals surface area contributed by atoms with E-state index in [9.17, 15) is 31.9 Å². The molecule has 2 aromatic rings. The predicted octanol–water partition coefficient (Wildman–Crippen LogP) is 5.83. The summed E-state index contributed by atoms with van der Waals surface area (Å²) in [5.74, 6) is -0.691. The molecule has 0 aliphatic heterocycles. The Morgan fingerprint density at radius 2 is 1.95 bits per heavy atom. The van der Waals surface area contributed by atoms with Crippen molar-refractivity contribution in [3.63, 3.8) is 0 Å². The van der Waals surface area contributed by atoms with E-state index in [4.69, 9.17) is 20.0 Å². The average molecular weight is 724 g/mol. The molecule has 1 aromatic carbocycles. The summed E-state index contributed by atoms with van der Waals surface area (Å²) in [4.78, 5) is 13.1. The maximum atomic E-state index is 13.4. The van der Waals surface area contributed by atoms with Gasteiger partial charge in [-0.15, -0.1) is 0 Å². The molecule has 1 aromatic heterocycles. The van der Waals surface area contributed by atoms with Crippen LogP contribution >= 0.6 is 27.7 Å². The zero-order chi connectivity index (χ0) is 32.8. The molecule has 3 atom stereocenters. The largest absolute Gasteiger partial charge is 0.434 e. The summed E-state index contributed by atoms with van der Waals surface area (Å²) >= 11 is 9.01. The molecule has 1 amide bonds. The number of aliphatic hydroxyl groups is 1. The highest BCUT2D eigenvalue weighted by molar-refractivity contribution is 9.08. The summed E-state index contributed by atoms with van der Waals surface area (Å²) in [5, 5.41) is 17.9. The third-order valence-electron chi connectivity index (χ3n) is 7.38. The Balaban J connectivity index is 0.00000206. The van der Waals surface area contributed by atoms with Gasteiger partial charge in [-0.25, -0.2) is 4.34 Å². The Morgan fingerprint density at radius 1 is 1.33 bits per heavy atom. The molecule has 1 aliphatic rings. The molecular formula is C26H33BrClF5N4O5S. The van der Waals surface area contributed by atoms with Crippen LogP contribution in [0, 0.1) is 11.3 Å². The fraction of sp³-hybridized carbons (Fsp3) is 0.615. The molecule has 0 bridgehead atoms. The van der Waals surface area contributed by atoms with Gasteiger partial charge in [0.15, 0.2) is 5.69 Å². The van der Waals surface area contributed by atoms with Crippen LogP contribution in [0.4, 0.5) is 22.0 Å². The fourth-order valence-electron chi connectivity index (χ4n) is 4.83. The number of aromatic nitrogens is 2. The predicted molar refractivity (Wildman–Crippen MR) is 154 cm³/mol. The summed E-state index contributed by atoms with van der Waals surface area (Å²) < 4.78 is 92.5. The third-order valence-corrected chi connectivity index (χ3v) is 8.29. The number of amides is 1. The van der Waals surface area contributed by atoms with Gasteiger partial charge in [-0.3, -0.25) is 9.48 Å². The van der Waals surface area contributed by atoms with Gasteiger partial charge < -0.3 is 15.2 Å². The zero-order valence-corrected chi connectivity index (χ0v) is 26.9. The van der Waals surface area contributed by atoms with Crippen LogP contribution in [-0.2, 0) is 24.5 Å². The minimum atomic E-state index is -4.52. The lowest BCUT2D eigenvalue weighted by Crippen LogP contribution is -2.57. The van der Waals surface area contributed by atoms with Gasteiger partial charge in [0.1, 0.15) is 5.75 Å². The molecule has 242 valence electrons. The first kappa shape index (κ1) is 37.0. The standard InChI is InChI=1S/C26H33BrClF5N4O3.O2S/c1-5-37-21(16-7-6-15(11-17(16)40-23(29)30)12-24(3,4)26(31,32)33)19(28)20(36-37)22(38)34-13-25(39)9-8-14(2)10-18(25)35-27;1-3-2/h6-7,11,14,18,23,35,39H,5,8-10,12-13H2,1-4H3,(H,34,38);/t14-,18-,25-;/m1./s1. The van der Waals surface area contributed by atoms with Crippen LogP contribution in [0.5, 0.6) is 5.75 Å². The topological polar surface area (TPSA) is 123 Å². The molecule has 0 unspecified atom stereocenters. The zero-order valence-electron chi connectivity index (χ0n) is 23.7. The number of ether oxygens (including phenoxy) is 1. The summed E-state index contributed by atoms with van der Waals surface area (Å²) in [5.41, 5.74) is -3.28. The lowest BCUT2D eigenvalue weighted by atomic mass is 9.76. The second kappa shape index (κ2) is 15.2. The van der Waals surface area contributed by atoms with Crippen LogP contribution in [0.15, 0.2) is 18.2 Å². The van der Waals surface area contributed by atoms with Gasteiger partial charge in [-0.1, -0.05) is 38.4 Å². The molecule has 1 saturated carbocycles. The number of benzene rings is 1. The van der Waals surface area contributed by atoms with E-state index in [0.717, 1.165) is 26.3 Å². The van der Waals surface area contributed by atoms with E-state index in [0.29, 0.717) is 18.8 Å². The van der Waals surface area contributed by atoms with E-state index in [1.807, 2.05) is 0 Å². The van der Waals surface area contributed by atoms with Crippen molar-refractivity contribution in [3.05, 3.63) is 34.5 Å². The van der Waals surface area contributed by atoms with E-state index < -0.39 is 53.5 Å². The number of carbonyl (C=O) groups is 1. The van der Waals surface area contributed by atoms with Crippen molar-refractivity contribution in [2.75, 3.05) is 6.54 Å². The number of hydrogen-bond donors (Lipinski definition) is 3. The monoisotopic (exact) mass is 722 g/mol. The van der Waals surface area contributed by atoms with E-state index in [2.05, 4.69) is 42.6 Å².